The molecule has 0 saturated heterocycles. The lowest BCUT2D eigenvalue weighted by atomic mass is 10.1. The van der Waals surface area contributed by atoms with Crippen molar-refractivity contribution in [1.82, 2.24) is 9.78 Å². The average molecular weight is 226 g/mol. The normalized spacial score (nSPS) is 9.71. The van der Waals surface area contributed by atoms with E-state index in [4.69, 9.17) is 5.11 Å². The quantitative estimate of drug-likeness (QED) is 0.808. The van der Waals surface area contributed by atoms with Crippen LogP contribution in [0.25, 0.3) is 0 Å². The van der Waals surface area contributed by atoms with Gasteiger partial charge in [-0.15, -0.1) is 0 Å². The van der Waals surface area contributed by atoms with Crippen molar-refractivity contribution in [3.05, 3.63) is 53.9 Å². The summed E-state index contributed by atoms with van der Waals surface area (Å²) in [6, 6.07) is 9.90. The van der Waals surface area contributed by atoms with Crippen LogP contribution in [0.3, 0.4) is 0 Å². The Labute approximate surface area is 101 Å². The smallest absolute Gasteiger partial charge is 0.0671 e. The minimum Gasteiger partial charge on any atom is -0.395 e. The van der Waals surface area contributed by atoms with Gasteiger partial charge < -0.3 is 5.11 Å². The number of aliphatic hydroxyl groups is 1. The summed E-state index contributed by atoms with van der Waals surface area (Å²) < 4.78 is 1.87. The zero-order chi connectivity index (χ0) is 11.9. The fourth-order valence-electron chi connectivity index (χ4n) is 1.56. The van der Waals surface area contributed by atoms with E-state index in [0.717, 1.165) is 17.7 Å². The first-order chi connectivity index (χ1) is 8.40. The number of hydrogen-bond acceptors (Lipinski definition) is 2. The monoisotopic (exact) mass is 226 g/mol. The van der Waals surface area contributed by atoms with Gasteiger partial charge in [0.2, 0.25) is 0 Å². The molecule has 2 aromatic rings. The van der Waals surface area contributed by atoms with E-state index in [9.17, 15) is 0 Å². The molecule has 1 N–H and O–H groups in total. The SMILES string of the molecule is OCCC#Cc1ccccc1Cn1cccn1. The Morgan fingerprint density at radius 3 is 2.88 bits per heavy atom. The first-order valence-corrected chi connectivity index (χ1v) is 5.55. The van der Waals surface area contributed by atoms with Crippen LogP contribution in [-0.2, 0) is 6.54 Å². The van der Waals surface area contributed by atoms with Gasteiger partial charge in [0.15, 0.2) is 0 Å². The lowest BCUT2D eigenvalue weighted by molar-refractivity contribution is 0.305. The molecule has 3 nitrogen and oxygen atoms in total. The summed E-state index contributed by atoms with van der Waals surface area (Å²) in [6.07, 6.45) is 4.20. The molecule has 1 heterocycles. The molecule has 0 unspecified atom stereocenters. The minimum atomic E-state index is 0.105. The maximum absolute atomic E-state index is 8.70. The fourth-order valence-corrected chi connectivity index (χ4v) is 1.56. The molecule has 2 rings (SSSR count). The highest BCUT2D eigenvalue weighted by Gasteiger charge is 1.99. The lowest BCUT2D eigenvalue weighted by Gasteiger charge is -2.04. The lowest BCUT2D eigenvalue weighted by Crippen LogP contribution is -2.01. The summed E-state index contributed by atoms with van der Waals surface area (Å²) in [5.41, 5.74) is 2.14. The topological polar surface area (TPSA) is 38.0 Å². The van der Waals surface area contributed by atoms with Gasteiger partial charge in [0.05, 0.1) is 13.2 Å². The van der Waals surface area contributed by atoms with Gasteiger partial charge in [-0.25, -0.2) is 0 Å². The van der Waals surface area contributed by atoms with Crippen LogP contribution in [0.5, 0.6) is 0 Å². The number of aliphatic hydroxyl groups excluding tert-OH is 1. The summed E-state index contributed by atoms with van der Waals surface area (Å²) in [5.74, 6) is 6.02. The Balaban J connectivity index is 2.19. The van der Waals surface area contributed by atoms with Crippen molar-refractivity contribution in [2.75, 3.05) is 6.61 Å². The van der Waals surface area contributed by atoms with Crippen LogP contribution < -0.4 is 0 Å². The van der Waals surface area contributed by atoms with E-state index in [2.05, 4.69) is 16.9 Å². The Morgan fingerprint density at radius 1 is 1.24 bits per heavy atom. The molecule has 0 aliphatic carbocycles. The summed E-state index contributed by atoms with van der Waals surface area (Å²) in [4.78, 5) is 0. The maximum atomic E-state index is 8.70. The summed E-state index contributed by atoms with van der Waals surface area (Å²) in [5, 5.41) is 12.9. The number of benzene rings is 1. The van der Waals surface area contributed by atoms with Crippen LogP contribution in [0.15, 0.2) is 42.7 Å². The zero-order valence-corrected chi connectivity index (χ0v) is 9.50. The van der Waals surface area contributed by atoms with Crippen LogP contribution in [0.2, 0.25) is 0 Å². The van der Waals surface area contributed by atoms with E-state index in [1.165, 1.54) is 0 Å². The number of nitrogens with zero attached hydrogens (tertiary/aromatic N) is 2. The van der Waals surface area contributed by atoms with Crippen molar-refractivity contribution in [2.45, 2.75) is 13.0 Å². The molecule has 3 heteroatoms. The number of aromatic nitrogens is 2. The second kappa shape index (κ2) is 5.88. The summed E-state index contributed by atoms with van der Waals surface area (Å²) in [7, 11) is 0. The van der Waals surface area contributed by atoms with Crippen molar-refractivity contribution in [3.8, 4) is 11.8 Å². The second-order valence-corrected chi connectivity index (χ2v) is 3.64. The molecule has 86 valence electrons. The van der Waals surface area contributed by atoms with Gasteiger partial charge in [0.1, 0.15) is 0 Å². The molecule has 1 aromatic carbocycles. The van der Waals surface area contributed by atoms with Crippen LogP contribution in [0.4, 0.5) is 0 Å². The van der Waals surface area contributed by atoms with Crippen LogP contribution in [0.1, 0.15) is 17.5 Å². The van der Waals surface area contributed by atoms with Gasteiger partial charge in [-0.3, -0.25) is 4.68 Å². The Bertz CT molecular complexity index is 521. The van der Waals surface area contributed by atoms with Gasteiger partial charge in [0.25, 0.3) is 0 Å². The molecule has 0 amide bonds. The summed E-state index contributed by atoms with van der Waals surface area (Å²) >= 11 is 0. The second-order valence-electron chi connectivity index (χ2n) is 3.64. The minimum absolute atomic E-state index is 0.105. The molecule has 17 heavy (non-hydrogen) atoms. The van der Waals surface area contributed by atoms with E-state index in [-0.39, 0.29) is 6.61 Å². The third-order valence-corrected chi connectivity index (χ3v) is 2.37. The molecule has 0 radical (unpaired) electrons. The number of rotatable bonds is 3. The number of hydrogen-bond donors (Lipinski definition) is 1. The van der Waals surface area contributed by atoms with E-state index in [1.54, 1.807) is 6.20 Å². The van der Waals surface area contributed by atoms with Crippen molar-refractivity contribution in [1.29, 1.82) is 0 Å². The van der Waals surface area contributed by atoms with E-state index in [1.807, 2.05) is 41.2 Å². The standard InChI is InChI=1S/C14H14N2O/c17-11-4-3-7-13-6-1-2-8-14(13)12-16-10-5-9-15-16/h1-2,5-6,8-10,17H,4,11-12H2. The van der Waals surface area contributed by atoms with Crippen molar-refractivity contribution in [3.63, 3.8) is 0 Å². The Hall–Kier alpha value is -2.05. The van der Waals surface area contributed by atoms with Gasteiger partial charge in [0, 0.05) is 24.4 Å². The van der Waals surface area contributed by atoms with Gasteiger partial charge >= 0.3 is 0 Å². The van der Waals surface area contributed by atoms with E-state index in [0.29, 0.717) is 6.42 Å². The zero-order valence-electron chi connectivity index (χ0n) is 9.50. The van der Waals surface area contributed by atoms with Crippen LogP contribution in [0, 0.1) is 11.8 Å². The first kappa shape index (κ1) is 11.4. The Kier molecular flexibility index (Phi) is 3.95. The van der Waals surface area contributed by atoms with E-state index >= 15 is 0 Å². The third-order valence-electron chi connectivity index (χ3n) is 2.37. The molecule has 1 aromatic heterocycles. The molecule has 0 saturated carbocycles. The summed E-state index contributed by atoms with van der Waals surface area (Å²) in [6.45, 7) is 0.825. The molecule has 0 aliphatic rings. The first-order valence-electron chi connectivity index (χ1n) is 5.55. The van der Waals surface area contributed by atoms with E-state index < -0.39 is 0 Å². The Morgan fingerprint density at radius 2 is 2.12 bits per heavy atom. The van der Waals surface area contributed by atoms with Gasteiger partial charge in [-0.2, -0.15) is 5.10 Å². The molecule has 0 spiro atoms. The molecule has 0 bridgehead atoms. The highest BCUT2D eigenvalue weighted by Crippen LogP contribution is 2.08. The van der Waals surface area contributed by atoms with Crippen molar-refractivity contribution < 1.29 is 5.11 Å². The predicted molar refractivity (Wildman–Crippen MR) is 66.4 cm³/mol. The predicted octanol–water partition coefficient (Wildman–Crippen LogP) is 1.67. The molecular formula is C14H14N2O. The highest BCUT2D eigenvalue weighted by molar-refractivity contribution is 5.41. The van der Waals surface area contributed by atoms with Crippen molar-refractivity contribution in [2.24, 2.45) is 0 Å². The largest absolute Gasteiger partial charge is 0.395 e. The van der Waals surface area contributed by atoms with Crippen LogP contribution >= 0.6 is 0 Å². The molecular weight excluding hydrogens is 212 g/mol. The van der Waals surface area contributed by atoms with Gasteiger partial charge in [-0.1, -0.05) is 30.0 Å². The maximum Gasteiger partial charge on any atom is 0.0671 e. The van der Waals surface area contributed by atoms with Crippen molar-refractivity contribution >= 4 is 0 Å². The molecule has 0 fully saturated rings. The highest BCUT2D eigenvalue weighted by atomic mass is 16.2. The van der Waals surface area contributed by atoms with Crippen LogP contribution in [-0.4, -0.2) is 21.5 Å². The molecule has 0 aliphatic heterocycles. The fraction of sp³-hybridized carbons (Fsp3) is 0.214. The molecule has 0 atom stereocenters. The third kappa shape index (κ3) is 3.20. The van der Waals surface area contributed by atoms with Gasteiger partial charge in [-0.05, 0) is 17.7 Å². The average Bonchev–Trinajstić information content (AvgIpc) is 2.84.